The number of aliphatic hydroxyl groups excluding tert-OH is 1. The standard InChI is InChI=1S/C17H28O/c1-2-3-4-5-6-7-9-16-11-13-17(14-12-16)10-8-15-18/h11-14,18H,2-10,15H2,1H3. The van der Waals surface area contributed by atoms with E-state index >= 15 is 0 Å². The fourth-order valence-electron chi connectivity index (χ4n) is 2.27. The number of rotatable bonds is 10. The highest BCUT2D eigenvalue weighted by Gasteiger charge is 1.96. The van der Waals surface area contributed by atoms with E-state index < -0.39 is 0 Å². The van der Waals surface area contributed by atoms with Crippen molar-refractivity contribution in [2.24, 2.45) is 0 Å². The fourth-order valence-corrected chi connectivity index (χ4v) is 2.27. The van der Waals surface area contributed by atoms with Crippen molar-refractivity contribution in [3.63, 3.8) is 0 Å². The van der Waals surface area contributed by atoms with Crippen molar-refractivity contribution in [3.05, 3.63) is 35.4 Å². The Hall–Kier alpha value is -0.820. The molecule has 1 heteroatoms. The van der Waals surface area contributed by atoms with E-state index in [1.165, 1.54) is 56.1 Å². The summed E-state index contributed by atoms with van der Waals surface area (Å²) in [5, 5.41) is 8.79. The van der Waals surface area contributed by atoms with Gasteiger partial charge in [0.15, 0.2) is 0 Å². The van der Waals surface area contributed by atoms with Gasteiger partial charge in [-0.1, -0.05) is 63.3 Å². The molecule has 1 rings (SSSR count). The molecule has 0 aromatic heterocycles. The third-order valence-corrected chi connectivity index (χ3v) is 3.47. The Kier molecular flexibility index (Phi) is 8.58. The minimum atomic E-state index is 0.291. The Morgan fingerprint density at radius 2 is 1.22 bits per heavy atom. The Bertz CT molecular complexity index is 289. The smallest absolute Gasteiger partial charge is 0.0434 e. The van der Waals surface area contributed by atoms with Gasteiger partial charge in [0.2, 0.25) is 0 Å². The molecule has 0 bridgehead atoms. The molecule has 0 spiro atoms. The first-order valence-corrected chi connectivity index (χ1v) is 7.55. The SMILES string of the molecule is CCCCCCCCc1ccc(CCCO)cc1. The summed E-state index contributed by atoms with van der Waals surface area (Å²) >= 11 is 0. The molecular formula is C17H28O. The van der Waals surface area contributed by atoms with Crippen LogP contribution in [0.25, 0.3) is 0 Å². The van der Waals surface area contributed by atoms with Gasteiger partial charge >= 0.3 is 0 Å². The molecule has 102 valence electrons. The first kappa shape index (κ1) is 15.2. The topological polar surface area (TPSA) is 20.2 Å². The van der Waals surface area contributed by atoms with Gasteiger partial charge in [-0.3, -0.25) is 0 Å². The number of unbranched alkanes of at least 4 members (excludes halogenated alkanes) is 5. The minimum Gasteiger partial charge on any atom is -0.396 e. The van der Waals surface area contributed by atoms with Gasteiger partial charge in [0.05, 0.1) is 0 Å². The number of aryl methyl sites for hydroxylation is 2. The molecule has 0 atom stereocenters. The third kappa shape index (κ3) is 6.80. The van der Waals surface area contributed by atoms with Crippen LogP contribution in [0, 0.1) is 0 Å². The van der Waals surface area contributed by atoms with E-state index in [4.69, 9.17) is 5.11 Å². The molecule has 0 unspecified atom stereocenters. The number of hydrogen-bond donors (Lipinski definition) is 1. The molecule has 1 N–H and O–H groups in total. The summed E-state index contributed by atoms with van der Waals surface area (Å²) in [5.74, 6) is 0. The van der Waals surface area contributed by atoms with Crippen LogP contribution in [-0.2, 0) is 12.8 Å². The van der Waals surface area contributed by atoms with Crippen LogP contribution in [0.1, 0.15) is 63.0 Å². The minimum absolute atomic E-state index is 0.291. The van der Waals surface area contributed by atoms with Crippen LogP contribution in [-0.4, -0.2) is 11.7 Å². The Morgan fingerprint density at radius 3 is 1.78 bits per heavy atom. The average molecular weight is 248 g/mol. The second-order valence-electron chi connectivity index (χ2n) is 5.16. The van der Waals surface area contributed by atoms with E-state index in [9.17, 15) is 0 Å². The van der Waals surface area contributed by atoms with Gasteiger partial charge in [0.1, 0.15) is 0 Å². The van der Waals surface area contributed by atoms with Crippen LogP contribution in [0.5, 0.6) is 0 Å². The predicted molar refractivity (Wildman–Crippen MR) is 78.9 cm³/mol. The molecule has 0 aliphatic carbocycles. The lowest BCUT2D eigenvalue weighted by molar-refractivity contribution is 0.288. The summed E-state index contributed by atoms with van der Waals surface area (Å²) in [6, 6.07) is 8.92. The summed E-state index contributed by atoms with van der Waals surface area (Å²) in [7, 11) is 0. The molecule has 18 heavy (non-hydrogen) atoms. The Balaban J connectivity index is 2.14. The van der Waals surface area contributed by atoms with Gasteiger partial charge < -0.3 is 5.11 Å². The first-order chi connectivity index (χ1) is 8.86. The zero-order chi connectivity index (χ0) is 13.1. The van der Waals surface area contributed by atoms with Crippen LogP contribution in [0.4, 0.5) is 0 Å². The van der Waals surface area contributed by atoms with Crippen LogP contribution >= 0.6 is 0 Å². The van der Waals surface area contributed by atoms with Gasteiger partial charge in [-0.2, -0.15) is 0 Å². The Morgan fingerprint density at radius 1 is 0.722 bits per heavy atom. The van der Waals surface area contributed by atoms with E-state index in [2.05, 4.69) is 31.2 Å². The number of hydrogen-bond acceptors (Lipinski definition) is 1. The molecule has 0 amide bonds. The second-order valence-corrected chi connectivity index (χ2v) is 5.16. The van der Waals surface area contributed by atoms with Gasteiger partial charge in [0, 0.05) is 6.61 Å². The van der Waals surface area contributed by atoms with E-state index in [1.54, 1.807) is 0 Å². The van der Waals surface area contributed by atoms with E-state index in [1.807, 2.05) is 0 Å². The average Bonchev–Trinajstić information content (AvgIpc) is 2.42. The maximum Gasteiger partial charge on any atom is 0.0434 e. The molecule has 0 saturated carbocycles. The summed E-state index contributed by atoms with van der Waals surface area (Å²) in [6.07, 6.45) is 11.3. The molecule has 1 nitrogen and oxygen atoms in total. The maximum atomic E-state index is 8.79. The van der Waals surface area contributed by atoms with Crippen molar-refractivity contribution in [3.8, 4) is 0 Å². The lowest BCUT2D eigenvalue weighted by atomic mass is 10.0. The lowest BCUT2D eigenvalue weighted by Crippen LogP contribution is -1.91. The van der Waals surface area contributed by atoms with Gasteiger partial charge in [-0.05, 0) is 36.8 Å². The molecule has 0 fully saturated rings. The van der Waals surface area contributed by atoms with Crippen molar-refractivity contribution in [1.82, 2.24) is 0 Å². The molecule has 1 aromatic carbocycles. The van der Waals surface area contributed by atoms with Gasteiger partial charge in [-0.15, -0.1) is 0 Å². The van der Waals surface area contributed by atoms with Crippen molar-refractivity contribution in [2.75, 3.05) is 6.61 Å². The largest absolute Gasteiger partial charge is 0.396 e. The number of benzene rings is 1. The monoisotopic (exact) mass is 248 g/mol. The highest BCUT2D eigenvalue weighted by Crippen LogP contribution is 2.11. The van der Waals surface area contributed by atoms with Crippen molar-refractivity contribution < 1.29 is 5.11 Å². The molecule has 1 aromatic rings. The predicted octanol–water partition coefficient (Wildman–Crippen LogP) is 4.51. The zero-order valence-corrected chi connectivity index (χ0v) is 11.8. The molecule has 0 aliphatic heterocycles. The molecule has 0 aliphatic rings. The van der Waals surface area contributed by atoms with E-state index in [-0.39, 0.29) is 0 Å². The number of aliphatic hydroxyl groups is 1. The quantitative estimate of drug-likeness (QED) is 0.604. The van der Waals surface area contributed by atoms with Crippen molar-refractivity contribution in [2.45, 2.75) is 64.7 Å². The second kappa shape index (κ2) is 10.1. The maximum absolute atomic E-state index is 8.79. The van der Waals surface area contributed by atoms with Crippen LogP contribution in [0.15, 0.2) is 24.3 Å². The van der Waals surface area contributed by atoms with E-state index in [0.29, 0.717) is 6.61 Å². The first-order valence-electron chi connectivity index (χ1n) is 7.55. The van der Waals surface area contributed by atoms with Crippen LogP contribution < -0.4 is 0 Å². The summed E-state index contributed by atoms with van der Waals surface area (Å²) in [4.78, 5) is 0. The van der Waals surface area contributed by atoms with Crippen LogP contribution in [0.3, 0.4) is 0 Å². The molecule has 0 saturated heterocycles. The highest BCUT2D eigenvalue weighted by molar-refractivity contribution is 5.22. The molecule has 0 heterocycles. The van der Waals surface area contributed by atoms with Gasteiger partial charge in [0.25, 0.3) is 0 Å². The molecular weight excluding hydrogens is 220 g/mol. The van der Waals surface area contributed by atoms with Crippen molar-refractivity contribution >= 4 is 0 Å². The molecule has 0 radical (unpaired) electrons. The summed E-state index contributed by atoms with van der Waals surface area (Å²) in [5.41, 5.74) is 2.80. The Labute approximate surface area is 112 Å². The van der Waals surface area contributed by atoms with Crippen LogP contribution in [0.2, 0.25) is 0 Å². The lowest BCUT2D eigenvalue weighted by Gasteiger charge is -2.04. The fraction of sp³-hybridized carbons (Fsp3) is 0.647. The third-order valence-electron chi connectivity index (χ3n) is 3.47. The summed E-state index contributed by atoms with van der Waals surface area (Å²) < 4.78 is 0. The van der Waals surface area contributed by atoms with Crippen molar-refractivity contribution in [1.29, 1.82) is 0 Å². The summed E-state index contributed by atoms with van der Waals surface area (Å²) in [6.45, 7) is 2.55. The normalized spacial score (nSPS) is 10.8. The van der Waals surface area contributed by atoms with Gasteiger partial charge in [-0.25, -0.2) is 0 Å². The highest BCUT2D eigenvalue weighted by atomic mass is 16.2. The zero-order valence-electron chi connectivity index (χ0n) is 11.8. The van der Waals surface area contributed by atoms with E-state index in [0.717, 1.165) is 12.8 Å².